The lowest BCUT2D eigenvalue weighted by Gasteiger charge is -2.20. The van der Waals surface area contributed by atoms with Crippen molar-refractivity contribution >= 4 is 11.9 Å². The highest BCUT2D eigenvalue weighted by molar-refractivity contribution is 5.76. The number of rotatable bonds is 54. The van der Waals surface area contributed by atoms with E-state index in [0.29, 0.717) is 19.4 Å². The van der Waals surface area contributed by atoms with Crippen LogP contribution in [0.5, 0.6) is 0 Å². The first kappa shape index (κ1) is 63.3. The summed E-state index contributed by atoms with van der Waals surface area (Å²) < 4.78 is 5.45. The smallest absolute Gasteiger partial charge is 0.305 e. The Bertz CT molecular complexity index is 1010. The fraction of sp³-hybridized carbons (Fsp3) is 0.898. The van der Waals surface area contributed by atoms with Gasteiger partial charge in [0.2, 0.25) is 5.91 Å². The summed E-state index contributed by atoms with van der Waals surface area (Å²) in [5.74, 6) is -0.112. The van der Waals surface area contributed by atoms with Crippen molar-refractivity contribution in [2.75, 3.05) is 13.2 Å². The van der Waals surface area contributed by atoms with Gasteiger partial charge < -0.3 is 20.3 Å². The summed E-state index contributed by atoms with van der Waals surface area (Å²) in [5.41, 5.74) is 0. The number of unbranched alkanes of at least 4 members (excludes halogenated alkanes) is 41. The predicted octanol–water partition coefficient (Wildman–Crippen LogP) is 17.9. The van der Waals surface area contributed by atoms with Crippen LogP contribution in [0.3, 0.4) is 0 Å². The van der Waals surface area contributed by atoms with Gasteiger partial charge in [-0.05, 0) is 64.2 Å². The minimum absolute atomic E-state index is 0.0216. The standard InChI is InChI=1S/C59H113NO5/c1-3-5-7-9-11-13-15-17-19-20-21-22-23-24-25-26-27-31-35-39-43-47-51-57(62)56(55-61)60-58(63)52-48-44-40-36-32-29-30-34-38-42-46-50-54-65-59(64)53-49-45-41-37-33-28-18-16-14-12-10-8-6-4-2/h30,34,47,51,56-57,61-62H,3-29,31-33,35-46,48-50,52-55H2,1-2H3,(H,60,63)/b34-30-,51-47+. The second-order valence-electron chi connectivity index (χ2n) is 20.0. The van der Waals surface area contributed by atoms with Crippen molar-refractivity contribution in [1.82, 2.24) is 5.32 Å². The van der Waals surface area contributed by atoms with Crippen LogP contribution in [0.25, 0.3) is 0 Å². The Kier molecular flexibility index (Phi) is 53.5. The zero-order valence-corrected chi connectivity index (χ0v) is 43.7. The SMILES string of the molecule is CCCCCCCCCCCCCCCCCCCCCC/C=C/C(O)C(CO)NC(=O)CCCCCCC/C=C\CCCCCOC(=O)CCCCCCCCCCCCCCCC. The molecule has 0 aromatic rings. The molecule has 0 bridgehead atoms. The van der Waals surface area contributed by atoms with E-state index in [2.05, 4.69) is 31.3 Å². The normalized spacial score (nSPS) is 12.7. The number of hydrogen-bond acceptors (Lipinski definition) is 5. The molecule has 0 aliphatic rings. The Balaban J connectivity index is 3.52. The Hall–Kier alpha value is -1.66. The van der Waals surface area contributed by atoms with Crippen LogP contribution in [0.15, 0.2) is 24.3 Å². The van der Waals surface area contributed by atoms with Crippen LogP contribution < -0.4 is 5.32 Å². The molecule has 0 aliphatic heterocycles. The number of esters is 1. The molecule has 65 heavy (non-hydrogen) atoms. The number of hydrogen-bond donors (Lipinski definition) is 3. The quantitative estimate of drug-likeness (QED) is 0.0321. The van der Waals surface area contributed by atoms with Gasteiger partial charge in [0, 0.05) is 12.8 Å². The first-order valence-electron chi connectivity index (χ1n) is 29.1. The Labute approximate surface area is 405 Å². The van der Waals surface area contributed by atoms with Gasteiger partial charge in [0.1, 0.15) is 0 Å². The van der Waals surface area contributed by atoms with Crippen molar-refractivity contribution in [1.29, 1.82) is 0 Å². The molecule has 0 heterocycles. The van der Waals surface area contributed by atoms with Gasteiger partial charge in [-0.2, -0.15) is 0 Å². The Morgan fingerprint density at radius 2 is 0.723 bits per heavy atom. The van der Waals surface area contributed by atoms with E-state index in [0.717, 1.165) is 77.0 Å². The fourth-order valence-corrected chi connectivity index (χ4v) is 8.98. The highest BCUT2D eigenvalue weighted by atomic mass is 16.5. The molecule has 6 nitrogen and oxygen atoms in total. The van der Waals surface area contributed by atoms with Crippen LogP contribution in [0.4, 0.5) is 0 Å². The van der Waals surface area contributed by atoms with Gasteiger partial charge in [-0.3, -0.25) is 9.59 Å². The van der Waals surface area contributed by atoms with Gasteiger partial charge in [0.25, 0.3) is 0 Å². The molecule has 0 spiro atoms. The molecular formula is C59H113NO5. The van der Waals surface area contributed by atoms with Gasteiger partial charge in [-0.25, -0.2) is 0 Å². The van der Waals surface area contributed by atoms with Crippen LogP contribution in [0.1, 0.15) is 316 Å². The average Bonchev–Trinajstić information content (AvgIpc) is 3.31. The number of ether oxygens (including phenoxy) is 1. The van der Waals surface area contributed by atoms with Crippen molar-refractivity contribution in [3.8, 4) is 0 Å². The maximum absolute atomic E-state index is 12.5. The minimum Gasteiger partial charge on any atom is -0.466 e. The number of aliphatic hydroxyl groups is 2. The highest BCUT2D eigenvalue weighted by Crippen LogP contribution is 2.17. The van der Waals surface area contributed by atoms with Crippen LogP contribution in [0.2, 0.25) is 0 Å². The lowest BCUT2D eigenvalue weighted by atomic mass is 10.0. The zero-order chi connectivity index (χ0) is 47.2. The maximum atomic E-state index is 12.5. The van der Waals surface area contributed by atoms with E-state index >= 15 is 0 Å². The van der Waals surface area contributed by atoms with Crippen molar-refractivity contribution in [2.24, 2.45) is 0 Å². The summed E-state index contributed by atoms with van der Waals surface area (Å²) in [4.78, 5) is 24.5. The zero-order valence-electron chi connectivity index (χ0n) is 43.7. The molecule has 2 atom stereocenters. The monoisotopic (exact) mass is 916 g/mol. The molecule has 3 N–H and O–H groups in total. The summed E-state index contributed by atoms with van der Waals surface area (Å²) in [6, 6.07) is -0.647. The van der Waals surface area contributed by atoms with E-state index in [-0.39, 0.29) is 18.5 Å². The molecule has 1 amide bonds. The molecule has 384 valence electrons. The first-order valence-corrected chi connectivity index (χ1v) is 29.1. The molecule has 0 aliphatic carbocycles. The van der Waals surface area contributed by atoms with E-state index in [1.165, 1.54) is 212 Å². The molecule has 0 rings (SSSR count). The number of aliphatic hydroxyl groups excluding tert-OH is 2. The Morgan fingerprint density at radius 1 is 0.415 bits per heavy atom. The highest BCUT2D eigenvalue weighted by Gasteiger charge is 2.18. The van der Waals surface area contributed by atoms with E-state index in [1.807, 2.05) is 6.08 Å². The molecular weight excluding hydrogens is 803 g/mol. The van der Waals surface area contributed by atoms with Gasteiger partial charge in [-0.1, -0.05) is 263 Å². The molecule has 0 saturated heterocycles. The molecule has 0 radical (unpaired) electrons. The predicted molar refractivity (Wildman–Crippen MR) is 283 cm³/mol. The van der Waals surface area contributed by atoms with Gasteiger partial charge in [0.05, 0.1) is 25.4 Å². The maximum Gasteiger partial charge on any atom is 0.305 e. The summed E-state index contributed by atoms with van der Waals surface area (Å²) >= 11 is 0. The first-order chi connectivity index (χ1) is 32.0. The lowest BCUT2D eigenvalue weighted by Crippen LogP contribution is -2.45. The minimum atomic E-state index is -0.861. The molecule has 2 unspecified atom stereocenters. The number of carbonyl (C=O) groups is 2. The molecule has 0 saturated carbocycles. The van der Waals surface area contributed by atoms with E-state index in [1.54, 1.807) is 6.08 Å². The molecule has 0 aromatic heterocycles. The van der Waals surface area contributed by atoms with Crippen LogP contribution in [-0.2, 0) is 14.3 Å². The van der Waals surface area contributed by atoms with Crippen LogP contribution in [0, 0.1) is 0 Å². The van der Waals surface area contributed by atoms with Gasteiger partial charge >= 0.3 is 5.97 Å². The Morgan fingerprint density at radius 3 is 1.09 bits per heavy atom. The molecule has 0 aromatic carbocycles. The third-order valence-corrected chi connectivity index (χ3v) is 13.5. The summed E-state index contributed by atoms with van der Waals surface area (Å²) in [6.45, 7) is 4.86. The number of nitrogens with one attached hydrogen (secondary N) is 1. The molecule has 6 heteroatoms. The number of carbonyl (C=O) groups excluding carboxylic acids is 2. The van der Waals surface area contributed by atoms with E-state index < -0.39 is 12.1 Å². The fourth-order valence-electron chi connectivity index (χ4n) is 8.98. The summed E-state index contributed by atoms with van der Waals surface area (Å²) in [6.07, 6.45) is 66.3. The van der Waals surface area contributed by atoms with Crippen molar-refractivity contribution in [3.05, 3.63) is 24.3 Å². The van der Waals surface area contributed by atoms with Crippen molar-refractivity contribution in [2.45, 2.75) is 328 Å². The number of allylic oxidation sites excluding steroid dienone is 3. The van der Waals surface area contributed by atoms with Crippen LogP contribution >= 0.6 is 0 Å². The van der Waals surface area contributed by atoms with Crippen LogP contribution in [-0.4, -0.2) is 47.4 Å². The van der Waals surface area contributed by atoms with E-state index in [9.17, 15) is 19.8 Å². The topological polar surface area (TPSA) is 95.9 Å². The van der Waals surface area contributed by atoms with Crippen molar-refractivity contribution < 1.29 is 24.5 Å². The summed E-state index contributed by atoms with van der Waals surface area (Å²) in [5, 5.41) is 23.2. The van der Waals surface area contributed by atoms with E-state index in [4.69, 9.17) is 4.74 Å². The number of amides is 1. The summed E-state index contributed by atoms with van der Waals surface area (Å²) in [7, 11) is 0. The average molecular weight is 917 g/mol. The molecule has 0 fully saturated rings. The van der Waals surface area contributed by atoms with Gasteiger partial charge in [-0.15, -0.1) is 0 Å². The lowest BCUT2D eigenvalue weighted by molar-refractivity contribution is -0.143. The second-order valence-corrected chi connectivity index (χ2v) is 20.0. The third-order valence-electron chi connectivity index (χ3n) is 13.5. The van der Waals surface area contributed by atoms with Gasteiger partial charge in [0.15, 0.2) is 0 Å². The van der Waals surface area contributed by atoms with Crippen molar-refractivity contribution in [3.63, 3.8) is 0 Å². The third kappa shape index (κ3) is 51.6. The second kappa shape index (κ2) is 54.9. The largest absolute Gasteiger partial charge is 0.466 e.